The number of nitrogens with zero attached hydrogens (tertiary/aromatic N) is 3. The monoisotopic (exact) mass is 579 g/mol. The lowest BCUT2D eigenvalue weighted by atomic mass is 10.0. The predicted octanol–water partition coefficient (Wildman–Crippen LogP) is 6.81. The molecule has 1 heterocycles. The van der Waals surface area contributed by atoms with Crippen molar-refractivity contribution in [2.75, 3.05) is 13.7 Å². The van der Waals surface area contributed by atoms with Crippen LogP contribution in [0, 0.1) is 11.6 Å². The first kappa shape index (κ1) is 28.8. The zero-order chi connectivity index (χ0) is 29.3. The summed E-state index contributed by atoms with van der Waals surface area (Å²) < 4.78 is 42.2. The number of carbonyl (C=O) groups excluding carboxylic acids is 1. The van der Waals surface area contributed by atoms with Crippen molar-refractivity contribution < 1.29 is 28.2 Å². The Bertz CT molecular complexity index is 1580. The van der Waals surface area contributed by atoms with E-state index in [1.54, 1.807) is 42.1 Å². The minimum atomic E-state index is -1.28. The Morgan fingerprint density at radius 1 is 1.15 bits per heavy atom. The summed E-state index contributed by atoms with van der Waals surface area (Å²) in [7, 11) is 0.361. The highest BCUT2D eigenvalue weighted by Gasteiger charge is 2.26. The molecule has 0 bridgehead atoms. The molecule has 0 spiro atoms. The molecule has 41 heavy (non-hydrogen) atoms. The van der Waals surface area contributed by atoms with Crippen molar-refractivity contribution in [3.8, 4) is 22.6 Å². The first-order valence-electron chi connectivity index (χ1n) is 13.8. The molecule has 7 nitrogen and oxygen atoms in total. The maximum Gasteiger partial charge on any atom is 0.254 e. The first-order valence-corrected chi connectivity index (χ1v) is 17.5. The van der Waals surface area contributed by atoms with Crippen LogP contribution in [0.1, 0.15) is 28.8 Å². The third kappa shape index (κ3) is 6.77. The van der Waals surface area contributed by atoms with Crippen molar-refractivity contribution in [3.05, 3.63) is 77.5 Å². The first-order chi connectivity index (χ1) is 19.5. The minimum absolute atomic E-state index is 0.0779. The number of carbonyl (C=O) groups is 1. The highest BCUT2D eigenvalue weighted by molar-refractivity contribution is 6.76. The van der Waals surface area contributed by atoms with Crippen molar-refractivity contribution in [1.82, 2.24) is 14.7 Å². The van der Waals surface area contributed by atoms with Gasteiger partial charge < -0.3 is 19.5 Å². The summed E-state index contributed by atoms with van der Waals surface area (Å²) >= 11 is 0. The number of aromatic hydroxyl groups is 1. The molecule has 0 atom stereocenters. The molecule has 1 N–H and O–H groups in total. The Balaban J connectivity index is 1.40. The van der Waals surface area contributed by atoms with Crippen molar-refractivity contribution in [2.45, 2.75) is 57.9 Å². The maximum absolute atomic E-state index is 14.8. The van der Waals surface area contributed by atoms with E-state index in [0.717, 1.165) is 18.9 Å². The van der Waals surface area contributed by atoms with Gasteiger partial charge in [0.15, 0.2) is 11.6 Å². The van der Waals surface area contributed by atoms with Crippen LogP contribution in [-0.2, 0) is 18.0 Å². The number of phenolic OH excluding ortho intramolecular Hbond substituents is 1. The number of rotatable bonds is 11. The Labute approximate surface area is 239 Å². The standard InChI is InChI=1S/C31H35F2N3O4Si/c1-35(18-22-15-27(37)29(33)26-17-34-36(30(22)26)19-39-12-13-41(2,3)4)31(38)21-8-11-25(20-6-5-7-23(32)14-20)28(16-21)40-24-9-10-24/h5-8,11,14-17,24,37H,9-10,12-13,18-19H2,1-4H3. The number of hydrogen-bond acceptors (Lipinski definition) is 5. The SMILES string of the molecule is CN(Cc1cc(O)c(F)c2cnn(COCC[Si](C)(C)C)c12)C(=O)c1ccc(-c2cccc(F)c2)c(OC2CC2)c1. The van der Waals surface area contributed by atoms with Crippen LogP contribution in [0.3, 0.4) is 0 Å². The number of fused-ring (bicyclic) bond motifs is 1. The van der Waals surface area contributed by atoms with E-state index in [1.807, 2.05) is 0 Å². The van der Waals surface area contributed by atoms with Gasteiger partial charge in [-0.25, -0.2) is 13.5 Å². The third-order valence-corrected chi connectivity index (χ3v) is 8.77. The molecule has 0 aliphatic heterocycles. The molecule has 10 heteroatoms. The highest BCUT2D eigenvalue weighted by atomic mass is 28.3. The Morgan fingerprint density at radius 3 is 2.63 bits per heavy atom. The number of aromatic nitrogens is 2. The van der Waals surface area contributed by atoms with Gasteiger partial charge in [-0.05, 0) is 60.8 Å². The second-order valence-electron chi connectivity index (χ2n) is 11.8. The largest absolute Gasteiger partial charge is 0.505 e. The van der Waals surface area contributed by atoms with E-state index in [9.17, 15) is 18.7 Å². The van der Waals surface area contributed by atoms with Crippen molar-refractivity contribution in [2.24, 2.45) is 0 Å². The van der Waals surface area contributed by atoms with Crippen LogP contribution in [0.25, 0.3) is 22.0 Å². The lowest BCUT2D eigenvalue weighted by Gasteiger charge is -2.20. The molecule has 216 valence electrons. The molecular weight excluding hydrogens is 544 g/mol. The lowest BCUT2D eigenvalue weighted by Crippen LogP contribution is -2.26. The maximum atomic E-state index is 14.8. The molecule has 1 aromatic heterocycles. The van der Waals surface area contributed by atoms with Gasteiger partial charge in [-0.3, -0.25) is 4.79 Å². The van der Waals surface area contributed by atoms with E-state index in [4.69, 9.17) is 9.47 Å². The number of hydrogen-bond donors (Lipinski definition) is 1. The highest BCUT2D eigenvalue weighted by Crippen LogP contribution is 2.36. The van der Waals surface area contributed by atoms with Crippen molar-refractivity contribution in [3.63, 3.8) is 0 Å². The smallest absolute Gasteiger partial charge is 0.254 e. The second kappa shape index (κ2) is 11.6. The van der Waals surface area contributed by atoms with Gasteiger partial charge in [0.05, 0.1) is 23.2 Å². The van der Waals surface area contributed by atoms with Gasteiger partial charge in [0.1, 0.15) is 18.3 Å². The molecular formula is C31H35F2N3O4Si. The van der Waals surface area contributed by atoms with Gasteiger partial charge in [0.25, 0.3) is 5.91 Å². The fraction of sp³-hybridized carbons (Fsp3) is 0.355. The lowest BCUT2D eigenvalue weighted by molar-refractivity contribution is 0.0781. The fourth-order valence-electron chi connectivity index (χ4n) is 4.63. The van der Waals surface area contributed by atoms with Gasteiger partial charge in [0, 0.05) is 45.0 Å². The molecule has 3 aromatic carbocycles. The van der Waals surface area contributed by atoms with E-state index < -0.39 is 19.6 Å². The van der Waals surface area contributed by atoms with E-state index in [2.05, 4.69) is 24.7 Å². The second-order valence-corrected chi connectivity index (χ2v) is 17.4. The van der Waals surface area contributed by atoms with E-state index in [1.165, 1.54) is 29.3 Å². The number of ether oxygens (including phenoxy) is 2. The molecule has 0 radical (unpaired) electrons. The van der Waals surface area contributed by atoms with Gasteiger partial charge in [-0.1, -0.05) is 31.8 Å². The van der Waals surface area contributed by atoms with Gasteiger partial charge in [0.2, 0.25) is 0 Å². The van der Waals surface area contributed by atoms with Crippen LogP contribution in [0.4, 0.5) is 8.78 Å². The van der Waals surface area contributed by atoms with E-state index in [-0.39, 0.29) is 36.5 Å². The molecule has 5 rings (SSSR count). The fourth-order valence-corrected chi connectivity index (χ4v) is 5.38. The van der Waals surface area contributed by atoms with Crippen LogP contribution >= 0.6 is 0 Å². The van der Waals surface area contributed by atoms with Crippen LogP contribution in [-0.4, -0.2) is 53.5 Å². The van der Waals surface area contributed by atoms with Crippen molar-refractivity contribution >= 4 is 24.9 Å². The molecule has 1 saturated carbocycles. The Hall–Kier alpha value is -3.76. The molecule has 4 aromatic rings. The Morgan fingerprint density at radius 2 is 1.93 bits per heavy atom. The summed E-state index contributed by atoms with van der Waals surface area (Å²) in [6.07, 6.45) is 3.30. The summed E-state index contributed by atoms with van der Waals surface area (Å²) in [5.41, 5.74) is 2.77. The van der Waals surface area contributed by atoms with Gasteiger partial charge in [-0.2, -0.15) is 5.10 Å². The Kier molecular flexibility index (Phi) is 8.15. The van der Waals surface area contributed by atoms with E-state index >= 15 is 0 Å². The number of benzene rings is 3. The summed E-state index contributed by atoms with van der Waals surface area (Å²) in [6.45, 7) is 7.58. The summed E-state index contributed by atoms with van der Waals surface area (Å²) in [4.78, 5) is 15.0. The summed E-state index contributed by atoms with van der Waals surface area (Å²) in [6, 6.07) is 13.7. The average Bonchev–Trinajstić information content (AvgIpc) is 3.63. The molecule has 1 aliphatic carbocycles. The molecule has 1 amide bonds. The van der Waals surface area contributed by atoms with Crippen molar-refractivity contribution in [1.29, 1.82) is 0 Å². The predicted molar refractivity (Wildman–Crippen MR) is 157 cm³/mol. The summed E-state index contributed by atoms with van der Waals surface area (Å²) in [5.74, 6) is -1.39. The van der Waals surface area contributed by atoms with Crippen LogP contribution < -0.4 is 4.74 Å². The number of halogens is 2. The molecule has 0 saturated heterocycles. The van der Waals surface area contributed by atoms with Gasteiger partial charge >= 0.3 is 0 Å². The quantitative estimate of drug-likeness (QED) is 0.156. The number of amides is 1. The third-order valence-electron chi connectivity index (χ3n) is 7.06. The van der Waals surface area contributed by atoms with E-state index in [0.29, 0.717) is 40.1 Å². The minimum Gasteiger partial charge on any atom is -0.505 e. The average molecular weight is 580 g/mol. The summed E-state index contributed by atoms with van der Waals surface area (Å²) in [5, 5.41) is 14.7. The topological polar surface area (TPSA) is 76.8 Å². The van der Waals surface area contributed by atoms with Crippen LogP contribution in [0.2, 0.25) is 25.7 Å². The molecule has 1 fully saturated rings. The molecule has 1 aliphatic rings. The van der Waals surface area contributed by atoms with Crippen LogP contribution in [0.15, 0.2) is 54.7 Å². The number of phenols is 1. The molecule has 0 unspecified atom stereocenters. The normalized spacial score (nSPS) is 13.5. The zero-order valence-corrected chi connectivity index (χ0v) is 24.8. The van der Waals surface area contributed by atoms with Gasteiger partial charge in [-0.15, -0.1) is 0 Å². The zero-order valence-electron chi connectivity index (χ0n) is 23.8. The van der Waals surface area contributed by atoms with Crippen LogP contribution in [0.5, 0.6) is 11.5 Å².